The minimum absolute atomic E-state index is 0.430. The first-order chi connectivity index (χ1) is 8.52. The predicted octanol–water partition coefficient (Wildman–Crippen LogP) is 2.53. The Morgan fingerprint density at radius 2 is 2.00 bits per heavy atom. The zero-order valence-corrected chi connectivity index (χ0v) is 11.9. The van der Waals surface area contributed by atoms with Crippen LogP contribution in [0.15, 0.2) is 18.2 Å². The topological polar surface area (TPSA) is 49.4 Å². The lowest BCUT2D eigenvalue weighted by Crippen LogP contribution is -2.18. The summed E-state index contributed by atoms with van der Waals surface area (Å²) in [6, 6.07) is 5.76. The Balaban J connectivity index is 2.19. The molecule has 4 nitrogen and oxygen atoms in total. The highest BCUT2D eigenvalue weighted by molar-refractivity contribution is 7.93. The van der Waals surface area contributed by atoms with Gasteiger partial charge < -0.3 is 4.90 Å². The Bertz CT molecular complexity index is 525. The highest BCUT2D eigenvalue weighted by atomic mass is 35.5. The van der Waals surface area contributed by atoms with Crippen LogP contribution in [0.4, 0.5) is 11.4 Å². The van der Waals surface area contributed by atoms with Gasteiger partial charge in [0.15, 0.2) is 0 Å². The summed E-state index contributed by atoms with van der Waals surface area (Å²) in [5.41, 5.74) is 2.66. The van der Waals surface area contributed by atoms with E-state index in [-0.39, 0.29) is 0 Å². The number of aryl methyl sites for hydroxylation is 1. The molecule has 0 spiro atoms. The number of halogens is 1. The van der Waals surface area contributed by atoms with E-state index in [0.29, 0.717) is 5.69 Å². The Hall–Kier alpha value is -0.940. The summed E-state index contributed by atoms with van der Waals surface area (Å²) < 4.78 is 25.3. The summed E-state index contributed by atoms with van der Waals surface area (Å²) in [6.07, 6.45) is 2.44. The van der Waals surface area contributed by atoms with Gasteiger partial charge in [-0.3, -0.25) is 4.72 Å². The van der Waals surface area contributed by atoms with Crippen molar-refractivity contribution in [3.05, 3.63) is 23.8 Å². The molecule has 6 heteroatoms. The normalized spacial score (nSPS) is 16.0. The van der Waals surface area contributed by atoms with E-state index >= 15 is 0 Å². The van der Waals surface area contributed by atoms with Crippen LogP contribution in [0.1, 0.15) is 18.4 Å². The van der Waals surface area contributed by atoms with E-state index in [2.05, 4.69) is 9.62 Å². The highest BCUT2D eigenvalue weighted by Crippen LogP contribution is 2.26. The molecule has 0 radical (unpaired) electrons. The van der Waals surface area contributed by atoms with Gasteiger partial charge in [0.1, 0.15) is 5.21 Å². The molecule has 100 valence electrons. The molecule has 1 aromatic carbocycles. The monoisotopic (exact) mass is 288 g/mol. The fraction of sp³-hybridized carbons (Fsp3) is 0.500. The number of hydrogen-bond donors (Lipinski definition) is 1. The van der Waals surface area contributed by atoms with Crippen molar-refractivity contribution in [3.8, 4) is 0 Å². The highest BCUT2D eigenvalue weighted by Gasteiger charge is 2.14. The van der Waals surface area contributed by atoms with Crippen molar-refractivity contribution in [2.45, 2.75) is 19.8 Å². The minimum atomic E-state index is -3.43. The van der Waals surface area contributed by atoms with Gasteiger partial charge in [0.25, 0.3) is 0 Å². The van der Waals surface area contributed by atoms with E-state index < -0.39 is 15.2 Å². The predicted molar refractivity (Wildman–Crippen MR) is 75.9 cm³/mol. The summed E-state index contributed by atoms with van der Waals surface area (Å²) >= 11 is 5.37. The van der Waals surface area contributed by atoms with Crippen molar-refractivity contribution < 1.29 is 8.42 Å². The van der Waals surface area contributed by atoms with Crippen molar-refractivity contribution in [3.63, 3.8) is 0 Å². The molecule has 1 aliphatic heterocycles. The van der Waals surface area contributed by atoms with Crippen molar-refractivity contribution in [2.24, 2.45) is 0 Å². The van der Waals surface area contributed by atoms with Crippen LogP contribution in [0.5, 0.6) is 0 Å². The van der Waals surface area contributed by atoms with Crippen LogP contribution < -0.4 is 9.62 Å². The molecule has 2 rings (SSSR count). The Morgan fingerprint density at radius 3 is 2.56 bits per heavy atom. The summed E-state index contributed by atoms with van der Waals surface area (Å²) in [6.45, 7) is 4.05. The summed E-state index contributed by atoms with van der Waals surface area (Å²) in [5, 5.41) is -0.430. The maximum Gasteiger partial charge on any atom is 0.246 e. The molecular formula is C12H17ClN2O2S. The second-order valence-corrected chi connectivity index (χ2v) is 6.83. The molecule has 0 saturated carbocycles. The lowest BCUT2D eigenvalue weighted by atomic mass is 10.2. The molecule has 1 fully saturated rings. The quantitative estimate of drug-likeness (QED) is 0.866. The Kier molecular flexibility index (Phi) is 4.02. The number of nitrogens with zero attached hydrogens (tertiary/aromatic N) is 1. The largest absolute Gasteiger partial charge is 0.372 e. The molecule has 1 saturated heterocycles. The second-order valence-electron chi connectivity index (χ2n) is 4.52. The smallest absolute Gasteiger partial charge is 0.246 e. The fourth-order valence-electron chi connectivity index (χ4n) is 2.13. The number of rotatable bonds is 4. The average molecular weight is 289 g/mol. The first-order valence-electron chi connectivity index (χ1n) is 5.94. The van der Waals surface area contributed by atoms with E-state index in [1.807, 2.05) is 19.1 Å². The number of benzene rings is 1. The number of anilines is 2. The maximum absolute atomic E-state index is 11.4. The van der Waals surface area contributed by atoms with Gasteiger partial charge in [-0.2, -0.15) is 0 Å². The van der Waals surface area contributed by atoms with Crippen LogP contribution in [0.3, 0.4) is 0 Å². The SMILES string of the molecule is Cc1cc(N2CCCC2)ccc1NS(=O)(=O)CCl. The Labute approximate surface area is 113 Å². The fourth-order valence-corrected chi connectivity index (χ4v) is 2.91. The molecule has 0 amide bonds. The molecule has 0 unspecified atom stereocenters. The van der Waals surface area contributed by atoms with Crippen molar-refractivity contribution in [1.82, 2.24) is 0 Å². The number of sulfonamides is 1. The number of nitrogens with one attached hydrogen (secondary N) is 1. The van der Waals surface area contributed by atoms with Gasteiger partial charge in [0, 0.05) is 18.8 Å². The van der Waals surface area contributed by atoms with Crippen LogP contribution in [-0.4, -0.2) is 26.7 Å². The first-order valence-corrected chi connectivity index (χ1v) is 8.12. The van der Waals surface area contributed by atoms with Crippen LogP contribution in [0, 0.1) is 6.92 Å². The molecule has 1 N–H and O–H groups in total. The molecule has 0 atom stereocenters. The van der Waals surface area contributed by atoms with Gasteiger partial charge in [-0.25, -0.2) is 8.42 Å². The molecule has 1 heterocycles. The van der Waals surface area contributed by atoms with Crippen LogP contribution in [0.2, 0.25) is 0 Å². The van der Waals surface area contributed by atoms with Crippen molar-refractivity contribution >= 4 is 33.0 Å². The standard InChI is InChI=1S/C12H17ClN2O2S/c1-10-8-11(15-6-2-3-7-15)4-5-12(10)14-18(16,17)9-13/h4-5,8,14H,2-3,6-7,9H2,1H3. The minimum Gasteiger partial charge on any atom is -0.372 e. The molecule has 1 aromatic rings. The van der Waals surface area contributed by atoms with Crippen LogP contribution in [-0.2, 0) is 10.0 Å². The Morgan fingerprint density at radius 1 is 1.33 bits per heavy atom. The molecule has 0 bridgehead atoms. The lowest BCUT2D eigenvalue weighted by Gasteiger charge is -2.19. The van der Waals surface area contributed by atoms with Crippen molar-refractivity contribution in [2.75, 3.05) is 27.9 Å². The van der Waals surface area contributed by atoms with E-state index in [4.69, 9.17) is 11.6 Å². The van der Waals surface area contributed by atoms with E-state index in [9.17, 15) is 8.42 Å². The van der Waals surface area contributed by atoms with E-state index in [1.165, 1.54) is 12.8 Å². The summed E-state index contributed by atoms with van der Waals surface area (Å²) in [5.74, 6) is 0. The van der Waals surface area contributed by atoms with Crippen molar-refractivity contribution in [1.29, 1.82) is 0 Å². The third-order valence-corrected chi connectivity index (χ3v) is 4.77. The van der Waals surface area contributed by atoms with Gasteiger partial charge in [0.2, 0.25) is 10.0 Å². The molecule has 0 aromatic heterocycles. The maximum atomic E-state index is 11.4. The first kappa shape index (κ1) is 13.5. The van der Waals surface area contributed by atoms with Gasteiger partial charge in [-0.1, -0.05) is 0 Å². The van der Waals surface area contributed by atoms with E-state index in [0.717, 1.165) is 24.3 Å². The zero-order valence-electron chi connectivity index (χ0n) is 10.3. The lowest BCUT2D eigenvalue weighted by molar-refractivity contribution is 0.605. The zero-order chi connectivity index (χ0) is 13.2. The van der Waals surface area contributed by atoms with Gasteiger partial charge >= 0.3 is 0 Å². The average Bonchev–Trinajstić information content (AvgIpc) is 2.85. The number of alkyl halides is 1. The van der Waals surface area contributed by atoms with Crippen LogP contribution >= 0.6 is 11.6 Å². The molecular weight excluding hydrogens is 272 g/mol. The van der Waals surface area contributed by atoms with Gasteiger partial charge in [-0.15, -0.1) is 11.6 Å². The second kappa shape index (κ2) is 5.36. The van der Waals surface area contributed by atoms with Gasteiger partial charge in [0.05, 0.1) is 5.69 Å². The molecule has 1 aliphatic rings. The summed E-state index contributed by atoms with van der Waals surface area (Å²) in [4.78, 5) is 2.31. The molecule has 18 heavy (non-hydrogen) atoms. The third-order valence-electron chi connectivity index (χ3n) is 3.09. The third kappa shape index (κ3) is 3.09. The number of hydrogen-bond acceptors (Lipinski definition) is 3. The van der Waals surface area contributed by atoms with Gasteiger partial charge in [-0.05, 0) is 43.5 Å². The summed E-state index contributed by atoms with van der Waals surface area (Å²) in [7, 11) is -3.43. The van der Waals surface area contributed by atoms with E-state index in [1.54, 1.807) is 6.07 Å². The molecule has 0 aliphatic carbocycles. The van der Waals surface area contributed by atoms with Crippen LogP contribution in [0.25, 0.3) is 0 Å².